The molecule has 0 atom stereocenters. The average molecular weight is 427 g/mol. The third-order valence-corrected chi connectivity index (χ3v) is 6.55. The van der Waals surface area contributed by atoms with Crippen molar-refractivity contribution >= 4 is 34.7 Å². The van der Waals surface area contributed by atoms with Crippen LogP contribution >= 0.6 is 34.7 Å². The van der Waals surface area contributed by atoms with E-state index in [9.17, 15) is 0 Å². The summed E-state index contributed by atoms with van der Waals surface area (Å²) in [6.45, 7) is 5.01. The van der Waals surface area contributed by atoms with Gasteiger partial charge in [-0.05, 0) is 31.5 Å². The number of hydrogen-bond acceptors (Lipinski definition) is 5. The maximum absolute atomic E-state index is 6.13. The quantitative estimate of drug-likeness (QED) is 0.337. The first-order chi connectivity index (χ1) is 13.7. The van der Waals surface area contributed by atoms with Crippen LogP contribution in [0.3, 0.4) is 0 Å². The van der Waals surface area contributed by atoms with Crippen LogP contribution in [0.25, 0.3) is 22.0 Å². The minimum atomic E-state index is 0.698. The van der Waals surface area contributed by atoms with Gasteiger partial charge in [0.05, 0.1) is 5.69 Å². The molecule has 142 valence electrons. The Morgan fingerprint density at radius 2 is 1.96 bits per heavy atom. The molecule has 4 aromatic rings. The molecule has 28 heavy (non-hydrogen) atoms. The predicted octanol–water partition coefficient (Wildman–Crippen LogP) is 6.34. The van der Waals surface area contributed by atoms with Gasteiger partial charge in [-0.3, -0.25) is 0 Å². The Labute approximate surface area is 177 Å². The highest BCUT2D eigenvalue weighted by Gasteiger charge is 2.14. The molecule has 0 aliphatic carbocycles. The van der Waals surface area contributed by atoms with Gasteiger partial charge in [-0.15, -0.1) is 21.5 Å². The highest BCUT2D eigenvalue weighted by Crippen LogP contribution is 2.31. The van der Waals surface area contributed by atoms with Gasteiger partial charge in [0.25, 0.3) is 0 Å². The minimum absolute atomic E-state index is 0.698. The zero-order valence-corrected chi connectivity index (χ0v) is 18.0. The van der Waals surface area contributed by atoms with Gasteiger partial charge < -0.3 is 4.57 Å². The van der Waals surface area contributed by atoms with Crippen molar-refractivity contribution in [1.29, 1.82) is 0 Å². The second-order valence-corrected chi connectivity index (χ2v) is 8.55. The van der Waals surface area contributed by atoms with E-state index in [1.165, 1.54) is 11.1 Å². The summed E-state index contributed by atoms with van der Waals surface area (Å²) >= 11 is 9.47. The van der Waals surface area contributed by atoms with E-state index >= 15 is 0 Å². The highest BCUT2D eigenvalue weighted by molar-refractivity contribution is 7.98. The van der Waals surface area contributed by atoms with E-state index in [0.29, 0.717) is 5.02 Å². The Balaban J connectivity index is 1.52. The normalized spacial score (nSPS) is 11.1. The van der Waals surface area contributed by atoms with E-state index < -0.39 is 0 Å². The molecule has 0 aliphatic heterocycles. The third kappa shape index (κ3) is 3.99. The predicted molar refractivity (Wildman–Crippen MR) is 118 cm³/mol. The van der Waals surface area contributed by atoms with E-state index in [1.54, 1.807) is 23.1 Å². The van der Waals surface area contributed by atoms with Crippen molar-refractivity contribution in [1.82, 2.24) is 19.7 Å². The lowest BCUT2D eigenvalue weighted by Crippen LogP contribution is -2.00. The van der Waals surface area contributed by atoms with Crippen LogP contribution in [0, 0.1) is 6.92 Å². The molecule has 2 aromatic heterocycles. The SMILES string of the molecule is CCn1c(SCc2csc(-c3ccccc3C)n2)nnc1-c1cccc(Cl)c1. The van der Waals surface area contributed by atoms with Gasteiger partial charge in [0, 0.05) is 33.8 Å². The van der Waals surface area contributed by atoms with E-state index in [2.05, 4.69) is 58.3 Å². The fraction of sp³-hybridized carbons (Fsp3) is 0.190. The minimum Gasteiger partial charge on any atom is -0.302 e. The summed E-state index contributed by atoms with van der Waals surface area (Å²) in [5, 5.41) is 13.6. The van der Waals surface area contributed by atoms with Crippen LogP contribution in [0.2, 0.25) is 5.02 Å². The van der Waals surface area contributed by atoms with Crippen LogP contribution in [0.5, 0.6) is 0 Å². The largest absolute Gasteiger partial charge is 0.302 e. The van der Waals surface area contributed by atoms with Gasteiger partial charge in [-0.25, -0.2) is 4.98 Å². The van der Waals surface area contributed by atoms with Crippen molar-refractivity contribution in [3.05, 3.63) is 70.2 Å². The van der Waals surface area contributed by atoms with Crippen LogP contribution in [0.15, 0.2) is 59.1 Å². The first kappa shape index (κ1) is 19.2. The fourth-order valence-corrected chi connectivity index (χ4v) is 5.07. The molecule has 0 saturated heterocycles. The van der Waals surface area contributed by atoms with Crippen LogP contribution in [-0.2, 0) is 12.3 Å². The maximum Gasteiger partial charge on any atom is 0.191 e. The van der Waals surface area contributed by atoms with Gasteiger partial charge >= 0.3 is 0 Å². The van der Waals surface area contributed by atoms with Crippen molar-refractivity contribution in [3.63, 3.8) is 0 Å². The molecule has 0 N–H and O–H groups in total. The molecule has 7 heteroatoms. The third-order valence-electron chi connectivity index (χ3n) is 4.39. The van der Waals surface area contributed by atoms with E-state index in [4.69, 9.17) is 16.6 Å². The van der Waals surface area contributed by atoms with Crippen molar-refractivity contribution in [3.8, 4) is 22.0 Å². The number of aryl methyl sites for hydroxylation is 1. The Hall–Kier alpha value is -2.15. The lowest BCUT2D eigenvalue weighted by molar-refractivity contribution is 0.687. The second-order valence-electron chi connectivity index (χ2n) is 6.31. The van der Waals surface area contributed by atoms with Crippen LogP contribution < -0.4 is 0 Å². The molecule has 0 saturated carbocycles. The van der Waals surface area contributed by atoms with Gasteiger partial charge in [0.1, 0.15) is 5.01 Å². The molecule has 0 bridgehead atoms. The summed E-state index contributed by atoms with van der Waals surface area (Å²) in [4.78, 5) is 4.81. The molecule has 0 spiro atoms. The first-order valence-electron chi connectivity index (χ1n) is 8.98. The van der Waals surface area contributed by atoms with E-state index in [0.717, 1.165) is 39.5 Å². The summed E-state index contributed by atoms with van der Waals surface area (Å²) < 4.78 is 2.12. The summed E-state index contributed by atoms with van der Waals surface area (Å²) in [7, 11) is 0. The Morgan fingerprint density at radius 3 is 2.75 bits per heavy atom. The molecule has 0 unspecified atom stereocenters. The van der Waals surface area contributed by atoms with Crippen molar-refractivity contribution < 1.29 is 0 Å². The Morgan fingerprint density at radius 1 is 1.11 bits per heavy atom. The number of aromatic nitrogens is 4. The second kappa shape index (κ2) is 8.47. The maximum atomic E-state index is 6.13. The lowest BCUT2D eigenvalue weighted by atomic mass is 10.1. The van der Waals surface area contributed by atoms with Crippen molar-refractivity contribution in [2.75, 3.05) is 0 Å². The number of rotatable bonds is 6. The topological polar surface area (TPSA) is 43.6 Å². The summed E-state index contributed by atoms with van der Waals surface area (Å²) in [6.07, 6.45) is 0. The molecule has 2 aromatic carbocycles. The van der Waals surface area contributed by atoms with Gasteiger partial charge in [-0.1, -0.05) is 59.8 Å². The Bertz CT molecular complexity index is 1100. The number of halogens is 1. The zero-order chi connectivity index (χ0) is 19.5. The molecule has 2 heterocycles. The molecule has 0 amide bonds. The Kier molecular flexibility index (Phi) is 5.80. The number of nitrogens with zero attached hydrogens (tertiary/aromatic N) is 4. The first-order valence-corrected chi connectivity index (χ1v) is 11.2. The summed E-state index contributed by atoms with van der Waals surface area (Å²) in [6, 6.07) is 16.1. The molecular weight excluding hydrogens is 408 g/mol. The lowest BCUT2D eigenvalue weighted by Gasteiger charge is -2.07. The number of thioether (sulfide) groups is 1. The standard InChI is InChI=1S/C21H19ClN4S2/c1-3-26-19(15-8-6-9-16(22)11-15)24-25-21(26)28-13-17-12-27-20(23-17)18-10-5-4-7-14(18)2/h4-12H,3,13H2,1-2H3. The number of benzene rings is 2. The molecule has 4 rings (SSSR count). The van der Waals surface area contributed by atoms with Crippen LogP contribution in [-0.4, -0.2) is 19.7 Å². The van der Waals surface area contributed by atoms with Gasteiger partial charge in [0.15, 0.2) is 11.0 Å². The van der Waals surface area contributed by atoms with E-state index in [1.807, 2.05) is 24.3 Å². The van der Waals surface area contributed by atoms with Crippen molar-refractivity contribution in [2.24, 2.45) is 0 Å². The zero-order valence-electron chi connectivity index (χ0n) is 15.6. The van der Waals surface area contributed by atoms with Crippen LogP contribution in [0.4, 0.5) is 0 Å². The molecule has 0 aliphatic rings. The molecule has 0 radical (unpaired) electrons. The van der Waals surface area contributed by atoms with Gasteiger partial charge in [-0.2, -0.15) is 0 Å². The number of hydrogen-bond donors (Lipinski definition) is 0. The summed E-state index contributed by atoms with van der Waals surface area (Å²) in [5.74, 6) is 1.60. The molecular formula is C21H19ClN4S2. The number of thiazole rings is 1. The molecule has 4 nitrogen and oxygen atoms in total. The smallest absolute Gasteiger partial charge is 0.191 e. The molecule has 0 fully saturated rings. The van der Waals surface area contributed by atoms with E-state index in [-0.39, 0.29) is 0 Å². The van der Waals surface area contributed by atoms with Crippen molar-refractivity contribution in [2.45, 2.75) is 31.3 Å². The average Bonchev–Trinajstić information content (AvgIpc) is 3.33. The highest BCUT2D eigenvalue weighted by atomic mass is 35.5. The van der Waals surface area contributed by atoms with Crippen LogP contribution in [0.1, 0.15) is 18.2 Å². The van der Waals surface area contributed by atoms with Gasteiger partial charge in [0.2, 0.25) is 0 Å². The monoisotopic (exact) mass is 426 g/mol. The summed E-state index contributed by atoms with van der Waals surface area (Å²) in [5.41, 5.74) is 4.48. The fourth-order valence-electron chi connectivity index (χ4n) is 2.97.